The Kier molecular flexibility index (Phi) is 1.04. The number of furan rings is 1. The van der Waals surface area contributed by atoms with Crippen LogP contribution in [0.4, 0.5) is 5.69 Å². The van der Waals surface area contributed by atoms with Gasteiger partial charge in [-0.1, -0.05) is 0 Å². The third-order valence-corrected chi connectivity index (χ3v) is 2.15. The van der Waals surface area contributed by atoms with E-state index in [1.165, 1.54) is 12.0 Å². The molecule has 1 aromatic heterocycles. The Morgan fingerprint density at radius 2 is 2.20 bits per heavy atom. The van der Waals surface area contributed by atoms with Gasteiger partial charge in [0, 0.05) is 12.0 Å². The zero-order valence-corrected chi connectivity index (χ0v) is 6.11. The van der Waals surface area contributed by atoms with Crippen LogP contribution in [-0.2, 0) is 12.8 Å². The monoisotopic (exact) mass is 137 g/mol. The molecule has 1 aliphatic rings. The summed E-state index contributed by atoms with van der Waals surface area (Å²) in [6.07, 6.45) is 3.39. The van der Waals surface area contributed by atoms with Crippen molar-refractivity contribution >= 4 is 5.69 Å². The minimum atomic E-state index is 0.882. The summed E-state index contributed by atoms with van der Waals surface area (Å²) >= 11 is 0. The van der Waals surface area contributed by atoms with Crippen LogP contribution in [0.15, 0.2) is 4.42 Å². The number of nitrogen functional groups attached to an aromatic ring is 1. The van der Waals surface area contributed by atoms with E-state index in [9.17, 15) is 0 Å². The van der Waals surface area contributed by atoms with Gasteiger partial charge in [0.25, 0.3) is 0 Å². The van der Waals surface area contributed by atoms with E-state index >= 15 is 0 Å². The molecule has 0 bridgehead atoms. The first-order valence-electron chi connectivity index (χ1n) is 3.65. The van der Waals surface area contributed by atoms with Gasteiger partial charge in [0.05, 0.1) is 5.69 Å². The topological polar surface area (TPSA) is 39.2 Å². The van der Waals surface area contributed by atoms with Crippen LogP contribution in [0, 0.1) is 6.92 Å². The van der Waals surface area contributed by atoms with Crippen molar-refractivity contribution in [1.82, 2.24) is 0 Å². The summed E-state index contributed by atoms with van der Waals surface area (Å²) in [5, 5.41) is 0. The van der Waals surface area contributed by atoms with Gasteiger partial charge < -0.3 is 10.2 Å². The lowest BCUT2D eigenvalue weighted by Crippen LogP contribution is -1.88. The van der Waals surface area contributed by atoms with Gasteiger partial charge in [0.15, 0.2) is 0 Å². The van der Waals surface area contributed by atoms with Crippen LogP contribution < -0.4 is 5.73 Å². The van der Waals surface area contributed by atoms with Crippen molar-refractivity contribution in [2.75, 3.05) is 5.73 Å². The van der Waals surface area contributed by atoms with Gasteiger partial charge in [-0.05, 0) is 19.8 Å². The van der Waals surface area contributed by atoms with E-state index in [0.29, 0.717) is 0 Å². The summed E-state index contributed by atoms with van der Waals surface area (Å²) < 4.78 is 5.43. The van der Waals surface area contributed by atoms with Gasteiger partial charge in [-0.3, -0.25) is 0 Å². The van der Waals surface area contributed by atoms with Crippen molar-refractivity contribution in [3.63, 3.8) is 0 Å². The predicted octanol–water partition coefficient (Wildman–Crippen LogP) is 1.66. The smallest absolute Gasteiger partial charge is 0.124 e. The molecular weight excluding hydrogens is 126 g/mol. The highest BCUT2D eigenvalue weighted by Gasteiger charge is 2.19. The third kappa shape index (κ3) is 0.589. The molecule has 0 aromatic carbocycles. The quantitative estimate of drug-likeness (QED) is 0.590. The Bertz CT molecular complexity index is 262. The second-order valence-electron chi connectivity index (χ2n) is 2.83. The Labute approximate surface area is 60.0 Å². The zero-order valence-electron chi connectivity index (χ0n) is 6.11. The van der Waals surface area contributed by atoms with E-state index in [-0.39, 0.29) is 0 Å². The molecule has 1 aliphatic carbocycles. The summed E-state index contributed by atoms with van der Waals surface area (Å²) in [7, 11) is 0. The van der Waals surface area contributed by atoms with Gasteiger partial charge >= 0.3 is 0 Å². The molecule has 0 saturated carbocycles. The molecule has 54 valence electrons. The summed E-state index contributed by atoms with van der Waals surface area (Å²) in [5.41, 5.74) is 7.90. The van der Waals surface area contributed by atoms with Crippen LogP contribution in [0.2, 0.25) is 0 Å². The molecular formula is C8H11NO. The molecule has 0 atom stereocenters. The van der Waals surface area contributed by atoms with Crippen LogP contribution in [0.5, 0.6) is 0 Å². The number of hydrogen-bond acceptors (Lipinski definition) is 2. The highest BCUT2D eigenvalue weighted by atomic mass is 16.3. The van der Waals surface area contributed by atoms with E-state index in [2.05, 4.69) is 0 Å². The molecule has 2 nitrogen and oxygen atoms in total. The van der Waals surface area contributed by atoms with Crippen LogP contribution in [0.3, 0.4) is 0 Å². The summed E-state index contributed by atoms with van der Waals surface area (Å²) in [6, 6.07) is 0. The van der Waals surface area contributed by atoms with Gasteiger partial charge in [-0.15, -0.1) is 0 Å². The summed E-state index contributed by atoms with van der Waals surface area (Å²) in [4.78, 5) is 0. The lowest BCUT2D eigenvalue weighted by molar-refractivity contribution is 0.489. The average Bonchev–Trinajstić information content (AvgIpc) is 2.41. The molecule has 2 rings (SSSR count). The number of hydrogen-bond donors (Lipinski definition) is 1. The minimum Gasteiger partial charge on any atom is -0.464 e. The Balaban J connectivity index is 2.59. The van der Waals surface area contributed by atoms with Crippen molar-refractivity contribution in [3.8, 4) is 0 Å². The number of nitrogens with two attached hydrogens (primary N) is 1. The fourth-order valence-corrected chi connectivity index (χ4v) is 1.57. The zero-order chi connectivity index (χ0) is 7.14. The molecule has 2 heteroatoms. The van der Waals surface area contributed by atoms with Crippen molar-refractivity contribution in [1.29, 1.82) is 0 Å². The van der Waals surface area contributed by atoms with Crippen molar-refractivity contribution in [2.45, 2.75) is 26.2 Å². The first-order valence-corrected chi connectivity index (χ1v) is 3.65. The van der Waals surface area contributed by atoms with Crippen molar-refractivity contribution < 1.29 is 4.42 Å². The van der Waals surface area contributed by atoms with Crippen molar-refractivity contribution in [3.05, 3.63) is 17.1 Å². The molecule has 2 N–H and O–H groups in total. The molecule has 10 heavy (non-hydrogen) atoms. The van der Waals surface area contributed by atoms with Gasteiger partial charge in [0.2, 0.25) is 0 Å². The third-order valence-electron chi connectivity index (χ3n) is 2.15. The fraction of sp³-hybridized carbons (Fsp3) is 0.500. The Morgan fingerprint density at radius 1 is 1.40 bits per heavy atom. The maximum atomic E-state index is 5.76. The number of fused-ring (bicyclic) bond motifs is 1. The molecule has 0 spiro atoms. The largest absolute Gasteiger partial charge is 0.464 e. The molecule has 0 amide bonds. The van der Waals surface area contributed by atoms with E-state index in [0.717, 1.165) is 30.0 Å². The number of anilines is 1. The number of rotatable bonds is 0. The molecule has 0 saturated heterocycles. The fourth-order valence-electron chi connectivity index (χ4n) is 1.57. The lowest BCUT2D eigenvalue weighted by atomic mass is 10.2. The summed E-state index contributed by atoms with van der Waals surface area (Å²) in [6.45, 7) is 1.92. The maximum Gasteiger partial charge on any atom is 0.124 e. The van der Waals surface area contributed by atoms with Gasteiger partial charge in [-0.2, -0.15) is 0 Å². The molecule has 0 fully saturated rings. The lowest BCUT2D eigenvalue weighted by Gasteiger charge is -1.89. The van der Waals surface area contributed by atoms with E-state index < -0.39 is 0 Å². The van der Waals surface area contributed by atoms with E-state index in [4.69, 9.17) is 10.2 Å². The molecule has 1 heterocycles. The van der Waals surface area contributed by atoms with Crippen LogP contribution >= 0.6 is 0 Å². The highest BCUT2D eigenvalue weighted by molar-refractivity contribution is 5.53. The Morgan fingerprint density at radius 3 is 2.90 bits per heavy atom. The molecule has 1 aromatic rings. The minimum absolute atomic E-state index is 0.882. The van der Waals surface area contributed by atoms with Crippen LogP contribution in [0.1, 0.15) is 23.5 Å². The normalized spacial score (nSPS) is 15.7. The van der Waals surface area contributed by atoms with Gasteiger partial charge in [0.1, 0.15) is 11.5 Å². The average molecular weight is 137 g/mol. The number of aryl methyl sites for hydroxylation is 2. The molecule has 0 aliphatic heterocycles. The summed E-state index contributed by atoms with van der Waals surface area (Å²) in [5.74, 6) is 2.01. The first kappa shape index (κ1) is 5.83. The maximum absolute atomic E-state index is 5.76. The molecule has 0 unspecified atom stereocenters. The molecule has 0 radical (unpaired) electrons. The standard InChI is InChI=1S/C8H11NO/c1-5-8(9)6-3-2-4-7(6)10-5/h2-4,9H2,1H3. The Hall–Kier alpha value is -0.920. The van der Waals surface area contributed by atoms with Crippen LogP contribution in [0.25, 0.3) is 0 Å². The van der Waals surface area contributed by atoms with E-state index in [1.54, 1.807) is 0 Å². The van der Waals surface area contributed by atoms with Gasteiger partial charge in [-0.25, -0.2) is 0 Å². The predicted molar refractivity (Wildman–Crippen MR) is 39.9 cm³/mol. The van der Waals surface area contributed by atoms with Crippen molar-refractivity contribution in [2.24, 2.45) is 0 Å². The highest BCUT2D eigenvalue weighted by Crippen LogP contribution is 2.31. The van der Waals surface area contributed by atoms with Crippen LogP contribution in [-0.4, -0.2) is 0 Å². The first-order chi connectivity index (χ1) is 4.79. The second-order valence-corrected chi connectivity index (χ2v) is 2.83. The van der Waals surface area contributed by atoms with E-state index in [1.807, 2.05) is 6.92 Å². The SMILES string of the molecule is Cc1oc2c(c1N)CCC2. The second kappa shape index (κ2) is 1.78.